The van der Waals surface area contributed by atoms with Crippen molar-refractivity contribution < 1.29 is 18.3 Å². The minimum atomic E-state index is -2.78. The van der Waals surface area contributed by atoms with Crippen LogP contribution in [-0.4, -0.2) is 35.6 Å². The standard InChI is InChI=1S/C10H17F2NO2/c1-7(2)15-9(14)13-6-10(11,12)5-4-8(13)3/h7-8H,4-6H2,1-3H3. The summed E-state index contributed by atoms with van der Waals surface area (Å²) in [6.45, 7) is 4.63. The molecule has 1 unspecified atom stereocenters. The summed E-state index contributed by atoms with van der Waals surface area (Å²) in [4.78, 5) is 12.6. The fraction of sp³-hybridized carbons (Fsp3) is 0.900. The SMILES string of the molecule is CC(C)OC(=O)N1CC(F)(F)CCC1C. The van der Waals surface area contributed by atoms with Crippen LogP contribution in [0.15, 0.2) is 0 Å². The van der Waals surface area contributed by atoms with Gasteiger partial charge in [0.2, 0.25) is 0 Å². The van der Waals surface area contributed by atoms with Gasteiger partial charge in [-0.15, -0.1) is 0 Å². The van der Waals surface area contributed by atoms with Crippen molar-refractivity contribution in [2.45, 2.75) is 51.7 Å². The molecule has 88 valence electrons. The van der Waals surface area contributed by atoms with Gasteiger partial charge in [0.25, 0.3) is 5.92 Å². The first-order valence-electron chi connectivity index (χ1n) is 5.17. The van der Waals surface area contributed by atoms with Crippen LogP contribution in [0, 0.1) is 0 Å². The van der Waals surface area contributed by atoms with Crippen molar-refractivity contribution in [2.75, 3.05) is 6.54 Å². The van der Waals surface area contributed by atoms with Crippen molar-refractivity contribution >= 4 is 6.09 Å². The number of carbonyl (C=O) groups is 1. The summed E-state index contributed by atoms with van der Waals surface area (Å²) in [5, 5.41) is 0. The molecule has 1 saturated heterocycles. The second kappa shape index (κ2) is 4.33. The Labute approximate surface area is 88.4 Å². The predicted octanol–water partition coefficient (Wildman–Crippen LogP) is 2.65. The van der Waals surface area contributed by atoms with Crippen molar-refractivity contribution in [3.8, 4) is 0 Å². The van der Waals surface area contributed by atoms with E-state index < -0.39 is 18.6 Å². The van der Waals surface area contributed by atoms with E-state index in [-0.39, 0.29) is 18.6 Å². The molecule has 1 aliphatic rings. The summed E-state index contributed by atoms with van der Waals surface area (Å²) in [7, 11) is 0. The molecule has 1 rings (SSSR count). The number of likely N-dealkylation sites (tertiary alicyclic amines) is 1. The summed E-state index contributed by atoms with van der Waals surface area (Å²) in [6, 6.07) is -0.170. The van der Waals surface area contributed by atoms with Crippen LogP contribution in [0.3, 0.4) is 0 Å². The fourth-order valence-electron chi connectivity index (χ4n) is 1.57. The summed E-state index contributed by atoms with van der Waals surface area (Å²) >= 11 is 0. The predicted molar refractivity (Wildman–Crippen MR) is 52.0 cm³/mol. The molecule has 3 nitrogen and oxygen atoms in total. The van der Waals surface area contributed by atoms with Gasteiger partial charge in [0.05, 0.1) is 12.6 Å². The van der Waals surface area contributed by atoms with Crippen LogP contribution < -0.4 is 0 Å². The van der Waals surface area contributed by atoms with E-state index in [1.807, 2.05) is 0 Å². The number of piperidine rings is 1. The monoisotopic (exact) mass is 221 g/mol. The van der Waals surface area contributed by atoms with E-state index in [1.165, 1.54) is 0 Å². The number of nitrogens with zero attached hydrogens (tertiary/aromatic N) is 1. The van der Waals surface area contributed by atoms with Crippen LogP contribution in [0.25, 0.3) is 0 Å². The zero-order valence-corrected chi connectivity index (χ0v) is 9.30. The largest absolute Gasteiger partial charge is 0.447 e. The van der Waals surface area contributed by atoms with Crippen LogP contribution in [0.2, 0.25) is 0 Å². The normalized spacial score (nSPS) is 25.5. The Bertz CT molecular complexity index is 244. The lowest BCUT2D eigenvalue weighted by atomic mass is 10.0. The third kappa shape index (κ3) is 3.32. The third-order valence-corrected chi connectivity index (χ3v) is 2.43. The molecule has 0 spiro atoms. The maximum atomic E-state index is 13.1. The minimum absolute atomic E-state index is 0.153. The van der Waals surface area contributed by atoms with E-state index in [1.54, 1.807) is 20.8 Å². The molecule has 0 aromatic heterocycles. The number of hydrogen-bond donors (Lipinski definition) is 0. The quantitative estimate of drug-likeness (QED) is 0.681. The first kappa shape index (κ1) is 12.2. The van der Waals surface area contributed by atoms with Crippen molar-refractivity contribution in [3.05, 3.63) is 0 Å². The molecule has 0 radical (unpaired) electrons. The zero-order valence-electron chi connectivity index (χ0n) is 9.30. The summed E-state index contributed by atoms with van der Waals surface area (Å²) in [5.41, 5.74) is 0. The lowest BCUT2D eigenvalue weighted by molar-refractivity contribution is -0.0769. The second-order valence-corrected chi connectivity index (χ2v) is 4.30. The average molecular weight is 221 g/mol. The second-order valence-electron chi connectivity index (χ2n) is 4.30. The molecular weight excluding hydrogens is 204 g/mol. The number of hydrogen-bond acceptors (Lipinski definition) is 2. The number of rotatable bonds is 1. The molecule has 1 amide bonds. The Morgan fingerprint density at radius 2 is 2.13 bits per heavy atom. The molecule has 1 fully saturated rings. The van der Waals surface area contributed by atoms with Gasteiger partial charge in [-0.05, 0) is 27.2 Å². The minimum Gasteiger partial charge on any atom is -0.447 e. The van der Waals surface area contributed by atoms with E-state index in [0.717, 1.165) is 4.90 Å². The fourth-order valence-corrected chi connectivity index (χ4v) is 1.57. The molecule has 0 saturated carbocycles. The topological polar surface area (TPSA) is 29.5 Å². The first-order valence-corrected chi connectivity index (χ1v) is 5.17. The Balaban J connectivity index is 2.62. The third-order valence-electron chi connectivity index (χ3n) is 2.43. The van der Waals surface area contributed by atoms with Gasteiger partial charge in [0.1, 0.15) is 0 Å². The Hall–Kier alpha value is -0.870. The van der Waals surface area contributed by atoms with E-state index in [0.29, 0.717) is 6.42 Å². The van der Waals surface area contributed by atoms with Crippen molar-refractivity contribution in [1.82, 2.24) is 4.90 Å². The first-order chi connectivity index (χ1) is 6.82. The maximum Gasteiger partial charge on any atom is 0.410 e. The summed E-state index contributed by atoms with van der Waals surface area (Å²) in [6.07, 6.45) is -0.753. The van der Waals surface area contributed by atoms with Gasteiger partial charge < -0.3 is 4.74 Å². The van der Waals surface area contributed by atoms with Crippen molar-refractivity contribution in [2.24, 2.45) is 0 Å². The molecule has 0 aromatic rings. The lowest BCUT2D eigenvalue weighted by Crippen LogP contribution is -2.50. The van der Waals surface area contributed by atoms with Gasteiger partial charge in [0.15, 0.2) is 0 Å². The Kier molecular flexibility index (Phi) is 3.52. The van der Waals surface area contributed by atoms with E-state index in [2.05, 4.69) is 0 Å². The molecule has 0 aromatic carbocycles. The Morgan fingerprint density at radius 1 is 1.53 bits per heavy atom. The van der Waals surface area contributed by atoms with E-state index >= 15 is 0 Å². The van der Waals surface area contributed by atoms with Crippen LogP contribution in [-0.2, 0) is 4.74 Å². The smallest absolute Gasteiger partial charge is 0.410 e. The van der Waals surface area contributed by atoms with Crippen LogP contribution >= 0.6 is 0 Å². The molecular formula is C10H17F2NO2. The highest BCUT2D eigenvalue weighted by atomic mass is 19.3. The van der Waals surface area contributed by atoms with Gasteiger partial charge in [0, 0.05) is 12.5 Å². The maximum absolute atomic E-state index is 13.1. The van der Waals surface area contributed by atoms with Crippen LogP contribution in [0.5, 0.6) is 0 Å². The van der Waals surface area contributed by atoms with Gasteiger partial charge >= 0.3 is 6.09 Å². The van der Waals surface area contributed by atoms with Crippen molar-refractivity contribution in [1.29, 1.82) is 0 Å². The molecule has 0 bridgehead atoms. The number of amides is 1. The van der Waals surface area contributed by atoms with Gasteiger partial charge in [-0.25, -0.2) is 13.6 Å². The Morgan fingerprint density at radius 3 is 2.67 bits per heavy atom. The number of ether oxygens (including phenoxy) is 1. The molecule has 1 atom stereocenters. The molecule has 1 heterocycles. The average Bonchev–Trinajstić information content (AvgIpc) is 2.08. The van der Waals surface area contributed by atoms with E-state index in [4.69, 9.17) is 4.74 Å². The highest BCUT2D eigenvalue weighted by molar-refractivity contribution is 5.68. The van der Waals surface area contributed by atoms with E-state index in [9.17, 15) is 13.6 Å². The lowest BCUT2D eigenvalue weighted by Gasteiger charge is -2.37. The molecule has 5 heteroatoms. The van der Waals surface area contributed by atoms with Gasteiger partial charge in [-0.1, -0.05) is 0 Å². The summed E-state index contributed by atoms with van der Waals surface area (Å²) in [5.74, 6) is -2.78. The van der Waals surface area contributed by atoms with Crippen LogP contribution in [0.1, 0.15) is 33.6 Å². The zero-order chi connectivity index (χ0) is 11.6. The molecule has 15 heavy (non-hydrogen) atoms. The number of carbonyl (C=O) groups excluding carboxylic acids is 1. The van der Waals surface area contributed by atoms with Gasteiger partial charge in [-0.3, -0.25) is 4.90 Å². The number of halogens is 2. The van der Waals surface area contributed by atoms with Gasteiger partial charge in [-0.2, -0.15) is 0 Å². The highest BCUT2D eigenvalue weighted by Gasteiger charge is 2.41. The highest BCUT2D eigenvalue weighted by Crippen LogP contribution is 2.30. The number of alkyl halides is 2. The summed E-state index contributed by atoms with van der Waals surface area (Å²) < 4.78 is 31.1. The molecule has 0 aliphatic carbocycles. The molecule has 0 N–H and O–H groups in total. The molecule has 1 aliphatic heterocycles. The van der Waals surface area contributed by atoms with Crippen molar-refractivity contribution in [3.63, 3.8) is 0 Å². The van der Waals surface area contributed by atoms with Crippen LogP contribution in [0.4, 0.5) is 13.6 Å².